The Labute approximate surface area is 169 Å². The highest BCUT2D eigenvalue weighted by molar-refractivity contribution is 14.0. The van der Waals surface area contributed by atoms with Gasteiger partial charge in [-0.1, -0.05) is 24.6 Å². The van der Waals surface area contributed by atoms with Crippen molar-refractivity contribution in [3.05, 3.63) is 29.8 Å². The summed E-state index contributed by atoms with van der Waals surface area (Å²) in [6.45, 7) is 12.4. The molecule has 1 aromatic rings. The van der Waals surface area contributed by atoms with Crippen LogP contribution in [0.1, 0.15) is 26.3 Å². The number of halogens is 1. The summed E-state index contributed by atoms with van der Waals surface area (Å²) in [7, 11) is 1.82. The van der Waals surface area contributed by atoms with Crippen LogP contribution in [-0.4, -0.2) is 56.2 Å². The van der Waals surface area contributed by atoms with Gasteiger partial charge in [-0.25, -0.2) is 0 Å². The Bertz CT molecular complexity index is 533. The maximum absolute atomic E-state index is 5.74. The third-order valence-corrected chi connectivity index (χ3v) is 4.60. The summed E-state index contributed by atoms with van der Waals surface area (Å²) in [4.78, 5) is 6.84. The van der Waals surface area contributed by atoms with Crippen molar-refractivity contribution in [2.45, 2.75) is 39.8 Å². The molecule has 0 aromatic heterocycles. The molecule has 0 radical (unpaired) electrons. The first-order valence-corrected chi connectivity index (χ1v) is 8.90. The van der Waals surface area contributed by atoms with Gasteiger partial charge in [-0.05, 0) is 38.8 Å². The zero-order chi connectivity index (χ0) is 17.5. The molecule has 2 N–H and O–H groups in total. The van der Waals surface area contributed by atoms with Gasteiger partial charge in [-0.15, -0.1) is 24.0 Å². The molecule has 1 fully saturated rings. The van der Waals surface area contributed by atoms with Crippen molar-refractivity contribution in [2.75, 3.05) is 33.3 Å². The highest BCUT2D eigenvalue weighted by Gasteiger charge is 2.31. The molecule has 0 saturated carbocycles. The Balaban J connectivity index is 0.00000312. The van der Waals surface area contributed by atoms with Gasteiger partial charge in [-0.3, -0.25) is 9.89 Å². The van der Waals surface area contributed by atoms with Crippen LogP contribution >= 0.6 is 24.0 Å². The first-order valence-electron chi connectivity index (χ1n) is 8.90. The van der Waals surface area contributed by atoms with Crippen LogP contribution in [-0.2, 0) is 0 Å². The Morgan fingerprint density at radius 1 is 1.28 bits per heavy atom. The minimum atomic E-state index is 0. The van der Waals surface area contributed by atoms with Crippen LogP contribution in [0, 0.1) is 12.8 Å². The second kappa shape index (κ2) is 10.9. The van der Waals surface area contributed by atoms with Gasteiger partial charge in [0, 0.05) is 32.2 Å². The van der Waals surface area contributed by atoms with Gasteiger partial charge in [0.25, 0.3) is 0 Å². The summed E-state index contributed by atoms with van der Waals surface area (Å²) >= 11 is 0. The molecule has 142 valence electrons. The molecular formula is C19H33IN4O. The van der Waals surface area contributed by atoms with E-state index < -0.39 is 0 Å². The predicted octanol–water partition coefficient (Wildman–Crippen LogP) is 2.89. The fraction of sp³-hybridized carbons (Fsp3) is 0.632. The molecule has 2 unspecified atom stereocenters. The van der Waals surface area contributed by atoms with Crippen molar-refractivity contribution in [3.63, 3.8) is 0 Å². The van der Waals surface area contributed by atoms with Crippen molar-refractivity contribution in [3.8, 4) is 5.75 Å². The summed E-state index contributed by atoms with van der Waals surface area (Å²) in [5.74, 6) is 2.38. The van der Waals surface area contributed by atoms with E-state index in [0.717, 1.165) is 31.3 Å². The summed E-state index contributed by atoms with van der Waals surface area (Å²) in [5, 5.41) is 6.89. The predicted molar refractivity (Wildman–Crippen MR) is 116 cm³/mol. The second-order valence-corrected chi connectivity index (χ2v) is 6.94. The Morgan fingerprint density at radius 2 is 1.96 bits per heavy atom. The van der Waals surface area contributed by atoms with E-state index in [9.17, 15) is 0 Å². The maximum Gasteiger partial charge on any atom is 0.191 e. The van der Waals surface area contributed by atoms with E-state index in [1.165, 1.54) is 5.56 Å². The van der Waals surface area contributed by atoms with Crippen LogP contribution in [0.3, 0.4) is 0 Å². The number of nitrogens with zero attached hydrogens (tertiary/aromatic N) is 2. The molecule has 6 heteroatoms. The molecule has 1 aromatic carbocycles. The molecule has 1 aliphatic rings. The van der Waals surface area contributed by atoms with Crippen molar-refractivity contribution >= 4 is 29.9 Å². The molecule has 0 aliphatic carbocycles. The molecule has 0 amide bonds. The van der Waals surface area contributed by atoms with Gasteiger partial charge < -0.3 is 15.4 Å². The standard InChI is InChI=1S/C19H32N4O.HI/c1-14(2)23-12-16(4)18(13-23)22-19(20-5)21-10-11-24-17-8-6-15(3)7-9-17;/h6-9,14,16,18H,10-13H2,1-5H3,(H2,20,21,22);1H. The SMILES string of the molecule is CN=C(NCCOc1ccc(C)cc1)NC1CN(C(C)C)CC1C.I. The monoisotopic (exact) mass is 460 g/mol. The number of aliphatic imine (C=N–C) groups is 1. The van der Waals surface area contributed by atoms with Crippen LogP contribution in [0.5, 0.6) is 5.75 Å². The van der Waals surface area contributed by atoms with Crippen LogP contribution in [0.2, 0.25) is 0 Å². The van der Waals surface area contributed by atoms with E-state index in [0.29, 0.717) is 24.6 Å². The lowest BCUT2D eigenvalue weighted by atomic mass is 10.1. The van der Waals surface area contributed by atoms with E-state index in [-0.39, 0.29) is 24.0 Å². The lowest BCUT2D eigenvalue weighted by Gasteiger charge is -2.22. The molecule has 5 nitrogen and oxygen atoms in total. The average Bonchev–Trinajstić information content (AvgIpc) is 2.93. The average molecular weight is 460 g/mol. The number of likely N-dealkylation sites (tertiary alicyclic amines) is 1. The number of hydrogen-bond donors (Lipinski definition) is 2. The maximum atomic E-state index is 5.74. The van der Waals surface area contributed by atoms with Crippen molar-refractivity contribution in [1.29, 1.82) is 0 Å². The largest absolute Gasteiger partial charge is 0.492 e. The third kappa shape index (κ3) is 7.01. The summed E-state index contributed by atoms with van der Waals surface area (Å²) in [5.41, 5.74) is 1.24. The Morgan fingerprint density at radius 3 is 2.52 bits per heavy atom. The smallest absolute Gasteiger partial charge is 0.191 e. The number of ether oxygens (including phenoxy) is 1. The molecule has 0 spiro atoms. The van der Waals surface area contributed by atoms with E-state index in [4.69, 9.17) is 4.74 Å². The minimum absolute atomic E-state index is 0. The molecule has 25 heavy (non-hydrogen) atoms. The zero-order valence-electron chi connectivity index (χ0n) is 16.1. The molecule has 0 bridgehead atoms. The quantitative estimate of drug-likeness (QED) is 0.297. The van der Waals surface area contributed by atoms with Gasteiger partial charge in [-0.2, -0.15) is 0 Å². The lowest BCUT2D eigenvalue weighted by molar-refractivity contribution is 0.265. The molecular weight excluding hydrogens is 427 g/mol. The lowest BCUT2D eigenvalue weighted by Crippen LogP contribution is -2.47. The zero-order valence-corrected chi connectivity index (χ0v) is 18.4. The first-order chi connectivity index (χ1) is 11.5. The van der Waals surface area contributed by atoms with Crippen LogP contribution in [0.4, 0.5) is 0 Å². The van der Waals surface area contributed by atoms with Crippen LogP contribution in [0.25, 0.3) is 0 Å². The fourth-order valence-electron chi connectivity index (χ4n) is 2.96. The molecule has 1 heterocycles. The summed E-state index contributed by atoms with van der Waals surface area (Å²) in [6, 6.07) is 9.16. The number of nitrogens with one attached hydrogen (secondary N) is 2. The summed E-state index contributed by atoms with van der Waals surface area (Å²) in [6.07, 6.45) is 0. The molecule has 2 atom stereocenters. The second-order valence-electron chi connectivity index (χ2n) is 6.94. The van der Waals surface area contributed by atoms with Gasteiger partial charge in [0.2, 0.25) is 0 Å². The topological polar surface area (TPSA) is 48.9 Å². The third-order valence-electron chi connectivity index (χ3n) is 4.60. The Hall–Kier alpha value is -1.02. The van der Waals surface area contributed by atoms with Crippen molar-refractivity contribution < 1.29 is 4.74 Å². The molecule has 2 rings (SSSR count). The number of hydrogen-bond acceptors (Lipinski definition) is 3. The van der Waals surface area contributed by atoms with Crippen molar-refractivity contribution in [1.82, 2.24) is 15.5 Å². The van der Waals surface area contributed by atoms with E-state index in [1.807, 2.05) is 19.2 Å². The van der Waals surface area contributed by atoms with Crippen LogP contribution < -0.4 is 15.4 Å². The number of aryl methyl sites for hydroxylation is 1. The highest BCUT2D eigenvalue weighted by Crippen LogP contribution is 2.18. The fourth-order valence-corrected chi connectivity index (χ4v) is 2.96. The highest BCUT2D eigenvalue weighted by atomic mass is 127. The van der Waals surface area contributed by atoms with Gasteiger partial charge >= 0.3 is 0 Å². The first kappa shape index (κ1) is 22.0. The molecule has 1 aliphatic heterocycles. The van der Waals surface area contributed by atoms with Gasteiger partial charge in [0.05, 0.1) is 6.54 Å². The van der Waals surface area contributed by atoms with Gasteiger partial charge in [0.15, 0.2) is 5.96 Å². The summed E-state index contributed by atoms with van der Waals surface area (Å²) < 4.78 is 5.74. The van der Waals surface area contributed by atoms with E-state index >= 15 is 0 Å². The number of benzene rings is 1. The molecule has 1 saturated heterocycles. The van der Waals surface area contributed by atoms with E-state index in [1.54, 1.807) is 0 Å². The number of rotatable bonds is 6. The van der Waals surface area contributed by atoms with E-state index in [2.05, 4.69) is 60.4 Å². The Kier molecular flexibility index (Phi) is 9.56. The minimum Gasteiger partial charge on any atom is -0.492 e. The van der Waals surface area contributed by atoms with Gasteiger partial charge in [0.1, 0.15) is 12.4 Å². The normalized spacial score (nSPS) is 21.1. The van der Waals surface area contributed by atoms with Crippen molar-refractivity contribution in [2.24, 2.45) is 10.9 Å². The number of guanidine groups is 1. The van der Waals surface area contributed by atoms with Crippen LogP contribution in [0.15, 0.2) is 29.3 Å².